The van der Waals surface area contributed by atoms with E-state index in [1.165, 1.54) is 0 Å². The number of rotatable bonds is 4. The zero-order valence-corrected chi connectivity index (χ0v) is 11.2. The number of halogens is 1. The van der Waals surface area contributed by atoms with Crippen molar-refractivity contribution in [3.8, 4) is 0 Å². The molecule has 0 aromatic carbocycles. The first-order chi connectivity index (χ1) is 8.57. The van der Waals surface area contributed by atoms with Crippen LogP contribution in [0.2, 0.25) is 5.15 Å². The summed E-state index contributed by atoms with van der Waals surface area (Å²) < 4.78 is 5.26. The normalized spacial score (nSPS) is 19.1. The molecule has 0 atom stereocenters. The van der Waals surface area contributed by atoms with Crippen LogP contribution in [0.25, 0.3) is 0 Å². The van der Waals surface area contributed by atoms with Gasteiger partial charge in [-0.1, -0.05) is 11.6 Å². The lowest BCUT2D eigenvalue weighted by molar-refractivity contribution is -0.0778. The Morgan fingerprint density at radius 3 is 2.72 bits per heavy atom. The van der Waals surface area contributed by atoms with Crippen LogP contribution in [0, 0.1) is 0 Å². The lowest BCUT2D eigenvalue weighted by Gasteiger charge is -2.35. The van der Waals surface area contributed by atoms with Crippen LogP contribution in [0.4, 0.5) is 0 Å². The fourth-order valence-electron chi connectivity index (χ4n) is 2.17. The van der Waals surface area contributed by atoms with Crippen molar-refractivity contribution >= 4 is 11.6 Å². The molecular formula is C12H18ClN3O2. The van der Waals surface area contributed by atoms with Gasteiger partial charge < -0.3 is 9.84 Å². The van der Waals surface area contributed by atoms with Gasteiger partial charge in [0.1, 0.15) is 0 Å². The van der Waals surface area contributed by atoms with E-state index in [1.807, 2.05) is 18.0 Å². The maximum atomic E-state index is 10.4. The summed E-state index contributed by atoms with van der Waals surface area (Å²) in [7, 11) is 1.96. The maximum Gasteiger partial charge on any atom is 0.151 e. The Labute approximate surface area is 112 Å². The summed E-state index contributed by atoms with van der Waals surface area (Å²) in [6, 6.07) is 3.57. The molecule has 0 unspecified atom stereocenters. The Balaban J connectivity index is 1.87. The van der Waals surface area contributed by atoms with Crippen LogP contribution >= 0.6 is 11.6 Å². The largest absolute Gasteiger partial charge is 0.388 e. The number of hydrogen-bond acceptors (Lipinski definition) is 5. The van der Waals surface area contributed by atoms with Gasteiger partial charge in [0.05, 0.1) is 11.3 Å². The van der Waals surface area contributed by atoms with E-state index >= 15 is 0 Å². The van der Waals surface area contributed by atoms with Crippen molar-refractivity contribution in [3.63, 3.8) is 0 Å². The van der Waals surface area contributed by atoms with Crippen molar-refractivity contribution < 1.29 is 9.84 Å². The zero-order chi connectivity index (χ0) is 13.0. The number of aromatic nitrogens is 2. The van der Waals surface area contributed by atoms with Gasteiger partial charge in [-0.15, -0.1) is 5.10 Å². The molecule has 1 fully saturated rings. The quantitative estimate of drug-likeness (QED) is 0.889. The summed E-state index contributed by atoms with van der Waals surface area (Å²) in [6.07, 6.45) is 1.37. The van der Waals surface area contributed by atoms with E-state index in [2.05, 4.69) is 10.2 Å². The van der Waals surface area contributed by atoms with Crippen molar-refractivity contribution in [2.45, 2.75) is 25.0 Å². The SMILES string of the molecule is CN(Cc1ccc(Cl)nn1)CC1(O)CCOCC1. The molecule has 2 heterocycles. The van der Waals surface area contributed by atoms with Crippen LogP contribution in [0.3, 0.4) is 0 Å². The molecule has 1 aromatic heterocycles. The minimum atomic E-state index is -0.646. The molecular weight excluding hydrogens is 254 g/mol. The van der Waals surface area contributed by atoms with Crippen LogP contribution in [-0.2, 0) is 11.3 Å². The molecule has 5 nitrogen and oxygen atoms in total. The summed E-state index contributed by atoms with van der Waals surface area (Å²) in [5.41, 5.74) is 0.199. The summed E-state index contributed by atoms with van der Waals surface area (Å²) in [5.74, 6) is 0. The smallest absolute Gasteiger partial charge is 0.151 e. The molecule has 1 saturated heterocycles. The third-order valence-electron chi connectivity index (χ3n) is 3.11. The summed E-state index contributed by atoms with van der Waals surface area (Å²) in [5, 5.41) is 18.6. The van der Waals surface area contributed by atoms with Crippen molar-refractivity contribution in [1.82, 2.24) is 15.1 Å². The van der Waals surface area contributed by atoms with Gasteiger partial charge in [-0.25, -0.2) is 0 Å². The van der Waals surface area contributed by atoms with E-state index in [4.69, 9.17) is 16.3 Å². The third kappa shape index (κ3) is 3.88. The van der Waals surface area contributed by atoms with Crippen molar-refractivity contribution in [2.75, 3.05) is 26.8 Å². The van der Waals surface area contributed by atoms with E-state index < -0.39 is 5.60 Å². The van der Waals surface area contributed by atoms with E-state index in [-0.39, 0.29) is 0 Å². The monoisotopic (exact) mass is 271 g/mol. The minimum Gasteiger partial charge on any atom is -0.388 e. The summed E-state index contributed by atoms with van der Waals surface area (Å²) in [6.45, 7) is 2.52. The molecule has 0 amide bonds. The van der Waals surface area contributed by atoms with E-state index in [0.717, 1.165) is 5.69 Å². The predicted octanol–water partition coefficient (Wildman–Crippen LogP) is 1.10. The van der Waals surface area contributed by atoms with Crippen molar-refractivity contribution in [3.05, 3.63) is 23.0 Å². The Morgan fingerprint density at radius 2 is 2.11 bits per heavy atom. The highest BCUT2D eigenvalue weighted by molar-refractivity contribution is 6.29. The number of likely N-dealkylation sites (N-methyl/N-ethyl adjacent to an activating group) is 1. The van der Waals surface area contributed by atoms with Gasteiger partial charge in [0.25, 0.3) is 0 Å². The second kappa shape index (κ2) is 5.93. The van der Waals surface area contributed by atoms with Crippen LogP contribution < -0.4 is 0 Å². The first kappa shape index (κ1) is 13.7. The van der Waals surface area contributed by atoms with Gasteiger partial charge in [-0.05, 0) is 19.2 Å². The summed E-state index contributed by atoms with van der Waals surface area (Å²) in [4.78, 5) is 2.04. The molecule has 0 radical (unpaired) electrons. The van der Waals surface area contributed by atoms with Gasteiger partial charge >= 0.3 is 0 Å². The molecule has 1 aromatic rings. The Hall–Kier alpha value is -0.750. The van der Waals surface area contributed by atoms with Crippen molar-refractivity contribution in [1.29, 1.82) is 0 Å². The van der Waals surface area contributed by atoms with Crippen LogP contribution in [-0.4, -0.2) is 52.6 Å². The number of nitrogens with zero attached hydrogens (tertiary/aromatic N) is 3. The number of hydrogen-bond donors (Lipinski definition) is 1. The Morgan fingerprint density at radius 1 is 1.39 bits per heavy atom. The highest BCUT2D eigenvalue weighted by Gasteiger charge is 2.30. The molecule has 100 valence electrons. The topological polar surface area (TPSA) is 58.5 Å². The first-order valence-electron chi connectivity index (χ1n) is 6.04. The molecule has 6 heteroatoms. The third-order valence-corrected chi connectivity index (χ3v) is 3.31. The molecule has 0 spiro atoms. The fraction of sp³-hybridized carbons (Fsp3) is 0.667. The molecule has 0 saturated carbocycles. The van der Waals surface area contributed by atoms with E-state index in [9.17, 15) is 5.11 Å². The standard InChI is InChI=1S/C12H18ClN3O2/c1-16(8-10-2-3-11(13)15-14-10)9-12(17)4-6-18-7-5-12/h2-3,17H,4-9H2,1H3. The second-order valence-electron chi connectivity index (χ2n) is 4.86. The highest BCUT2D eigenvalue weighted by Crippen LogP contribution is 2.21. The predicted molar refractivity (Wildman–Crippen MR) is 68.4 cm³/mol. The summed E-state index contributed by atoms with van der Waals surface area (Å²) >= 11 is 5.68. The van der Waals surface area contributed by atoms with Crippen LogP contribution in [0.15, 0.2) is 12.1 Å². The second-order valence-corrected chi connectivity index (χ2v) is 5.24. The van der Waals surface area contributed by atoms with Gasteiger partial charge in [-0.3, -0.25) is 4.90 Å². The molecule has 0 aliphatic carbocycles. The molecule has 2 rings (SSSR count). The zero-order valence-electron chi connectivity index (χ0n) is 10.5. The fourth-order valence-corrected chi connectivity index (χ4v) is 2.27. The van der Waals surface area contributed by atoms with Gasteiger partial charge in [0, 0.05) is 39.1 Å². The maximum absolute atomic E-state index is 10.4. The van der Waals surface area contributed by atoms with Gasteiger partial charge in [0.15, 0.2) is 5.15 Å². The van der Waals surface area contributed by atoms with Gasteiger partial charge in [0.2, 0.25) is 0 Å². The average Bonchev–Trinajstić information content (AvgIpc) is 2.32. The lowest BCUT2D eigenvalue weighted by Crippen LogP contribution is -2.45. The molecule has 1 aliphatic rings. The number of aliphatic hydroxyl groups is 1. The molecule has 18 heavy (non-hydrogen) atoms. The minimum absolute atomic E-state index is 0.393. The average molecular weight is 272 g/mol. The van der Waals surface area contributed by atoms with E-state index in [1.54, 1.807) is 6.07 Å². The lowest BCUT2D eigenvalue weighted by atomic mass is 9.94. The van der Waals surface area contributed by atoms with Crippen molar-refractivity contribution in [2.24, 2.45) is 0 Å². The van der Waals surface area contributed by atoms with Gasteiger partial charge in [-0.2, -0.15) is 5.10 Å². The Bertz CT molecular complexity index is 379. The first-order valence-corrected chi connectivity index (χ1v) is 6.42. The number of ether oxygens (including phenoxy) is 1. The molecule has 0 bridgehead atoms. The van der Waals surface area contributed by atoms with Crippen LogP contribution in [0.1, 0.15) is 18.5 Å². The highest BCUT2D eigenvalue weighted by atomic mass is 35.5. The van der Waals surface area contributed by atoms with E-state index in [0.29, 0.717) is 44.3 Å². The Kier molecular flexibility index (Phi) is 4.50. The van der Waals surface area contributed by atoms with Crippen LogP contribution in [0.5, 0.6) is 0 Å². The molecule has 1 N–H and O–H groups in total. The molecule has 1 aliphatic heterocycles.